The van der Waals surface area contributed by atoms with Crippen LogP contribution in [0.5, 0.6) is 0 Å². The summed E-state index contributed by atoms with van der Waals surface area (Å²) in [6.07, 6.45) is 2.71. The number of anilines is 1. The molecule has 0 spiro atoms. The molecule has 0 bridgehead atoms. The standard InChI is InChI=1S/C15H17ClN4O/c16-14-11-5-1-2-6-12(11)15(19-18-14)17-8-7-13(21)20-9-3-4-10-20/h1-2,5-6H,3-4,7-10H2,(H,17,19). The molecule has 1 fully saturated rings. The molecule has 0 aliphatic carbocycles. The van der Waals surface area contributed by atoms with Crippen LogP contribution in [-0.4, -0.2) is 40.6 Å². The van der Waals surface area contributed by atoms with Crippen LogP contribution in [0.1, 0.15) is 19.3 Å². The summed E-state index contributed by atoms with van der Waals surface area (Å²) in [5.41, 5.74) is 0. The van der Waals surface area contributed by atoms with E-state index in [2.05, 4.69) is 15.5 Å². The molecule has 1 amide bonds. The van der Waals surface area contributed by atoms with E-state index in [1.165, 1.54) is 0 Å². The maximum atomic E-state index is 12.0. The summed E-state index contributed by atoms with van der Waals surface area (Å²) < 4.78 is 0. The highest BCUT2D eigenvalue weighted by molar-refractivity contribution is 6.34. The first-order valence-corrected chi connectivity index (χ1v) is 7.56. The third-order valence-corrected chi connectivity index (χ3v) is 4.01. The number of nitrogens with zero attached hydrogens (tertiary/aromatic N) is 3. The Labute approximate surface area is 128 Å². The maximum absolute atomic E-state index is 12.0. The molecule has 6 heteroatoms. The van der Waals surface area contributed by atoms with Crippen LogP contribution < -0.4 is 5.32 Å². The second-order valence-corrected chi connectivity index (χ2v) is 5.51. The molecule has 1 aliphatic heterocycles. The van der Waals surface area contributed by atoms with Gasteiger partial charge >= 0.3 is 0 Å². The molecular weight excluding hydrogens is 288 g/mol. The zero-order valence-corrected chi connectivity index (χ0v) is 12.4. The van der Waals surface area contributed by atoms with Crippen LogP contribution in [0, 0.1) is 0 Å². The molecule has 1 N–H and O–H groups in total. The Hall–Kier alpha value is -1.88. The van der Waals surface area contributed by atoms with Crippen molar-refractivity contribution in [1.29, 1.82) is 0 Å². The van der Waals surface area contributed by atoms with Crippen molar-refractivity contribution in [3.05, 3.63) is 29.4 Å². The maximum Gasteiger partial charge on any atom is 0.224 e. The fourth-order valence-electron chi connectivity index (χ4n) is 2.61. The minimum atomic E-state index is 0.200. The van der Waals surface area contributed by atoms with Crippen LogP contribution in [0.2, 0.25) is 5.15 Å². The Morgan fingerprint density at radius 3 is 2.67 bits per heavy atom. The van der Waals surface area contributed by atoms with Crippen molar-refractivity contribution < 1.29 is 4.79 Å². The van der Waals surface area contributed by atoms with Crippen LogP contribution in [0.3, 0.4) is 0 Å². The first-order chi connectivity index (χ1) is 10.3. The van der Waals surface area contributed by atoms with Crippen LogP contribution in [0.4, 0.5) is 5.82 Å². The van der Waals surface area contributed by atoms with Gasteiger partial charge in [0.25, 0.3) is 0 Å². The van der Waals surface area contributed by atoms with Gasteiger partial charge in [0.15, 0.2) is 11.0 Å². The van der Waals surface area contributed by atoms with Crippen molar-refractivity contribution in [2.24, 2.45) is 0 Å². The predicted octanol–water partition coefficient (Wildman–Crippen LogP) is 2.71. The van der Waals surface area contributed by atoms with E-state index in [-0.39, 0.29) is 5.91 Å². The fourth-order valence-corrected chi connectivity index (χ4v) is 2.82. The van der Waals surface area contributed by atoms with E-state index in [0.717, 1.165) is 36.7 Å². The molecule has 0 unspecified atom stereocenters. The van der Waals surface area contributed by atoms with Crippen LogP contribution in [0.25, 0.3) is 10.8 Å². The lowest BCUT2D eigenvalue weighted by Crippen LogP contribution is -2.29. The third-order valence-electron chi connectivity index (χ3n) is 3.73. The topological polar surface area (TPSA) is 58.1 Å². The van der Waals surface area contributed by atoms with Crippen LogP contribution >= 0.6 is 11.6 Å². The number of rotatable bonds is 4. The largest absolute Gasteiger partial charge is 0.368 e. The monoisotopic (exact) mass is 304 g/mol. The highest BCUT2D eigenvalue weighted by Crippen LogP contribution is 2.25. The molecule has 0 atom stereocenters. The molecular formula is C15H17ClN4O. The van der Waals surface area contributed by atoms with Gasteiger partial charge in [0.1, 0.15) is 0 Å². The van der Waals surface area contributed by atoms with Crippen molar-refractivity contribution in [3.63, 3.8) is 0 Å². The lowest BCUT2D eigenvalue weighted by molar-refractivity contribution is -0.129. The van der Waals surface area contributed by atoms with Gasteiger partial charge in [-0.2, -0.15) is 0 Å². The Kier molecular flexibility index (Phi) is 4.20. The minimum Gasteiger partial charge on any atom is -0.368 e. The number of carbonyl (C=O) groups is 1. The Morgan fingerprint density at radius 1 is 1.19 bits per heavy atom. The van der Waals surface area contributed by atoms with E-state index in [4.69, 9.17) is 11.6 Å². The van der Waals surface area contributed by atoms with E-state index in [0.29, 0.717) is 23.9 Å². The zero-order valence-electron chi connectivity index (χ0n) is 11.7. The Morgan fingerprint density at radius 2 is 1.90 bits per heavy atom. The molecule has 21 heavy (non-hydrogen) atoms. The quantitative estimate of drug-likeness (QED) is 0.943. The first-order valence-electron chi connectivity index (χ1n) is 7.18. The van der Waals surface area contributed by atoms with Crippen molar-refractivity contribution >= 4 is 34.1 Å². The summed E-state index contributed by atoms with van der Waals surface area (Å²) in [5.74, 6) is 0.871. The molecule has 1 saturated heterocycles. The SMILES string of the molecule is O=C(CCNc1nnc(Cl)c2ccccc12)N1CCCC1. The normalized spacial score (nSPS) is 14.6. The molecule has 2 heterocycles. The molecule has 3 rings (SSSR count). The van der Waals surface area contributed by atoms with Crippen molar-refractivity contribution in [3.8, 4) is 0 Å². The zero-order chi connectivity index (χ0) is 14.7. The number of hydrogen-bond donors (Lipinski definition) is 1. The molecule has 1 aliphatic rings. The van der Waals surface area contributed by atoms with E-state index < -0.39 is 0 Å². The van der Waals surface area contributed by atoms with Gasteiger partial charge < -0.3 is 10.2 Å². The predicted molar refractivity (Wildman–Crippen MR) is 83.5 cm³/mol. The molecule has 0 saturated carbocycles. The van der Waals surface area contributed by atoms with Gasteiger partial charge in [-0.05, 0) is 12.8 Å². The van der Waals surface area contributed by atoms with Gasteiger partial charge in [0, 0.05) is 36.8 Å². The highest BCUT2D eigenvalue weighted by atomic mass is 35.5. The Balaban J connectivity index is 1.65. The van der Waals surface area contributed by atoms with Crippen LogP contribution in [-0.2, 0) is 4.79 Å². The molecule has 0 radical (unpaired) electrons. The van der Waals surface area contributed by atoms with Crippen molar-refractivity contribution in [2.45, 2.75) is 19.3 Å². The number of hydrogen-bond acceptors (Lipinski definition) is 4. The van der Waals surface area contributed by atoms with Gasteiger partial charge in [0.05, 0.1) is 0 Å². The van der Waals surface area contributed by atoms with Gasteiger partial charge in [-0.15, -0.1) is 10.2 Å². The third kappa shape index (κ3) is 3.08. The summed E-state index contributed by atoms with van der Waals surface area (Å²) in [6, 6.07) is 7.70. The minimum absolute atomic E-state index is 0.200. The molecule has 1 aromatic carbocycles. The van der Waals surface area contributed by atoms with Crippen LogP contribution in [0.15, 0.2) is 24.3 Å². The summed E-state index contributed by atoms with van der Waals surface area (Å²) in [5, 5.41) is 13.4. The van der Waals surface area contributed by atoms with Gasteiger partial charge in [0.2, 0.25) is 5.91 Å². The lowest BCUT2D eigenvalue weighted by atomic mass is 10.2. The second-order valence-electron chi connectivity index (χ2n) is 5.15. The number of carbonyl (C=O) groups excluding carboxylic acids is 1. The fraction of sp³-hybridized carbons (Fsp3) is 0.400. The number of fused-ring (bicyclic) bond motifs is 1. The summed E-state index contributed by atoms with van der Waals surface area (Å²) in [6.45, 7) is 2.33. The Bertz CT molecular complexity index is 655. The van der Waals surface area contributed by atoms with Crippen molar-refractivity contribution in [2.75, 3.05) is 25.0 Å². The lowest BCUT2D eigenvalue weighted by Gasteiger charge is -2.15. The number of aromatic nitrogens is 2. The smallest absolute Gasteiger partial charge is 0.224 e. The number of amides is 1. The van der Waals surface area contributed by atoms with E-state index >= 15 is 0 Å². The first kappa shape index (κ1) is 14.1. The average molecular weight is 305 g/mol. The van der Waals surface area contributed by atoms with E-state index in [9.17, 15) is 4.79 Å². The number of nitrogens with one attached hydrogen (secondary N) is 1. The number of benzene rings is 1. The van der Waals surface area contributed by atoms with E-state index in [1.54, 1.807) is 0 Å². The molecule has 110 valence electrons. The van der Waals surface area contributed by atoms with Crippen molar-refractivity contribution in [1.82, 2.24) is 15.1 Å². The number of likely N-dealkylation sites (tertiary alicyclic amines) is 1. The van der Waals surface area contributed by atoms with Gasteiger partial charge in [-0.3, -0.25) is 4.79 Å². The molecule has 2 aromatic rings. The van der Waals surface area contributed by atoms with E-state index in [1.807, 2.05) is 29.2 Å². The van der Waals surface area contributed by atoms with Gasteiger partial charge in [-0.1, -0.05) is 35.9 Å². The number of halogens is 1. The summed E-state index contributed by atoms with van der Waals surface area (Å²) >= 11 is 6.04. The summed E-state index contributed by atoms with van der Waals surface area (Å²) in [4.78, 5) is 13.9. The highest BCUT2D eigenvalue weighted by Gasteiger charge is 2.17. The van der Waals surface area contributed by atoms with Gasteiger partial charge in [-0.25, -0.2) is 0 Å². The average Bonchev–Trinajstić information content (AvgIpc) is 3.04. The molecule has 5 nitrogen and oxygen atoms in total. The second kappa shape index (κ2) is 6.26. The molecule has 1 aromatic heterocycles. The summed E-state index contributed by atoms with van der Waals surface area (Å²) in [7, 11) is 0.